The summed E-state index contributed by atoms with van der Waals surface area (Å²) in [7, 11) is 0. The van der Waals surface area contributed by atoms with Gasteiger partial charge in [-0.1, -0.05) is 12.7 Å². The molecule has 0 saturated carbocycles. The molecule has 0 bridgehead atoms. The average Bonchev–Trinajstić information content (AvgIpc) is 2.16. The summed E-state index contributed by atoms with van der Waals surface area (Å²) in [5.74, 6) is -1.78. The Kier molecular flexibility index (Phi) is 3.23. The molecule has 74 valence electrons. The second-order valence-corrected chi connectivity index (χ2v) is 2.55. The van der Waals surface area contributed by atoms with Crippen LogP contribution >= 0.6 is 0 Å². The fourth-order valence-electron chi connectivity index (χ4n) is 0.913. The van der Waals surface area contributed by atoms with Crippen LogP contribution in [0.3, 0.4) is 0 Å². The molecule has 4 heteroatoms. The molecule has 1 aromatic carbocycles. The van der Waals surface area contributed by atoms with Crippen molar-refractivity contribution >= 4 is 5.97 Å². The summed E-state index contributed by atoms with van der Waals surface area (Å²) in [6.07, 6.45) is 1.52. The lowest BCUT2D eigenvalue weighted by Gasteiger charge is -2.04. The highest BCUT2D eigenvalue weighted by atomic mass is 19.1. The molecule has 0 atom stereocenters. The molecule has 0 aliphatic carbocycles. The van der Waals surface area contributed by atoms with Crippen LogP contribution in [0.4, 0.5) is 4.39 Å². The van der Waals surface area contributed by atoms with E-state index in [0.29, 0.717) is 5.75 Å². The summed E-state index contributed by atoms with van der Waals surface area (Å²) in [5, 5.41) is 8.60. The Bertz CT molecular complexity index is 360. The van der Waals surface area contributed by atoms with Gasteiger partial charge in [-0.2, -0.15) is 0 Å². The quantitative estimate of drug-likeness (QED) is 0.750. The van der Waals surface area contributed by atoms with Crippen LogP contribution in [0, 0.1) is 5.82 Å². The number of hydrogen-bond acceptors (Lipinski definition) is 2. The van der Waals surface area contributed by atoms with Crippen molar-refractivity contribution in [3.63, 3.8) is 0 Å². The van der Waals surface area contributed by atoms with E-state index in [9.17, 15) is 9.18 Å². The van der Waals surface area contributed by atoms with Crippen LogP contribution in [-0.2, 0) is 0 Å². The van der Waals surface area contributed by atoms with E-state index in [1.807, 2.05) is 0 Å². The van der Waals surface area contributed by atoms with Gasteiger partial charge in [-0.15, -0.1) is 0 Å². The van der Waals surface area contributed by atoms with Crippen LogP contribution in [0.5, 0.6) is 5.75 Å². The van der Waals surface area contributed by atoms with Crippen molar-refractivity contribution in [2.75, 3.05) is 6.61 Å². The van der Waals surface area contributed by atoms with Gasteiger partial charge in [0.1, 0.15) is 18.2 Å². The summed E-state index contributed by atoms with van der Waals surface area (Å²) in [5.41, 5.74) is -0.397. The highest BCUT2D eigenvalue weighted by Gasteiger charge is 2.10. The van der Waals surface area contributed by atoms with Crippen LogP contribution in [0.1, 0.15) is 10.4 Å². The van der Waals surface area contributed by atoms with E-state index in [1.165, 1.54) is 12.1 Å². The third kappa shape index (κ3) is 2.32. The van der Waals surface area contributed by atoms with Crippen LogP contribution in [-0.4, -0.2) is 17.7 Å². The van der Waals surface area contributed by atoms with Crippen molar-refractivity contribution in [2.45, 2.75) is 0 Å². The molecule has 0 unspecified atom stereocenters. The summed E-state index contributed by atoms with van der Waals surface area (Å²) < 4.78 is 17.9. The molecule has 0 fully saturated rings. The normalized spacial score (nSPS) is 9.50. The summed E-state index contributed by atoms with van der Waals surface area (Å²) >= 11 is 0. The summed E-state index contributed by atoms with van der Waals surface area (Å²) in [6.45, 7) is 3.69. The molecule has 0 spiro atoms. The maximum atomic E-state index is 12.9. The minimum atomic E-state index is -1.31. The molecule has 0 saturated heterocycles. The zero-order chi connectivity index (χ0) is 10.6. The number of benzene rings is 1. The lowest BCUT2D eigenvalue weighted by Crippen LogP contribution is -2.02. The van der Waals surface area contributed by atoms with Crippen molar-refractivity contribution in [1.82, 2.24) is 0 Å². The number of carboxylic acids is 1. The maximum absolute atomic E-state index is 12.9. The first-order valence-electron chi connectivity index (χ1n) is 3.91. The van der Waals surface area contributed by atoms with Crippen molar-refractivity contribution in [2.24, 2.45) is 0 Å². The number of carbonyl (C=O) groups is 1. The van der Waals surface area contributed by atoms with Crippen molar-refractivity contribution in [3.8, 4) is 5.75 Å². The SMILES string of the molecule is C=CCOc1ccc(F)c(C(=O)O)c1. The van der Waals surface area contributed by atoms with Gasteiger partial charge in [0.05, 0.1) is 5.56 Å². The zero-order valence-electron chi connectivity index (χ0n) is 7.37. The molecule has 1 rings (SSSR count). The van der Waals surface area contributed by atoms with E-state index < -0.39 is 17.3 Å². The Balaban J connectivity index is 2.94. The van der Waals surface area contributed by atoms with E-state index in [2.05, 4.69) is 6.58 Å². The molecule has 1 N–H and O–H groups in total. The van der Waals surface area contributed by atoms with E-state index in [-0.39, 0.29) is 6.61 Å². The van der Waals surface area contributed by atoms with Gasteiger partial charge >= 0.3 is 5.97 Å². The standard InChI is InChI=1S/C10H9FO3/c1-2-5-14-7-3-4-9(11)8(6-7)10(12)13/h2-4,6H,1,5H2,(H,12,13). The molecular formula is C10H9FO3. The Labute approximate surface area is 80.4 Å². The number of halogens is 1. The van der Waals surface area contributed by atoms with Crippen LogP contribution in [0.15, 0.2) is 30.9 Å². The van der Waals surface area contributed by atoms with Gasteiger partial charge in [0.25, 0.3) is 0 Å². The predicted octanol–water partition coefficient (Wildman–Crippen LogP) is 2.09. The molecule has 14 heavy (non-hydrogen) atoms. The minimum absolute atomic E-state index is 0.255. The zero-order valence-corrected chi connectivity index (χ0v) is 7.37. The fourth-order valence-corrected chi connectivity index (χ4v) is 0.913. The van der Waals surface area contributed by atoms with E-state index >= 15 is 0 Å². The molecule has 0 heterocycles. The summed E-state index contributed by atoms with van der Waals surface area (Å²) in [6, 6.07) is 3.56. The Morgan fingerprint density at radius 3 is 2.93 bits per heavy atom. The van der Waals surface area contributed by atoms with Crippen LogP contribution in [0.25, 0.3) is 0 Å². The van der Waals surface area contributed by atoms with Crippen molar-refractivity contribution in [3.05, 3.63) is 42.2 Å². The predicted molar refractivity (Wildman–Crippen MR) is 49.1 cm³/mol. The van der Waals surface area contributed by atoms with Gasteiger partial charge in [0.15, 0.2) is 0 Å². The molecular weight excluding hydrogens is 187 g/mol. The number of ether oxygens (including phenoxy) is 1. The largest absolute Gasteiger partial charge is 0.490 e. The number of aromatic carboxylic acids is 1. The Morgan fingerprint density at radius 2 is 2.36 bits per heavy atom. The van der Waals surface area contributed by atoms with Crippen molar-refractivity contribution < 1.29 is 19.0 Å². The molecule has 1 aromatic rings. The van der Waals surface area contributed by atoms with Gasteiger partial charge < -0.3 is 9.84 Å². The molecule has 0 aliphatic heterocycles. The molecule has 0 radical (unpaired) electrons. The average molecular weight is 196 g/mol. The lowest BCUT2D eigenvalue weighted by molar-refractivity contribution is 0.0691. The smallest absolute Gasteiger partial charge is 0.338 e. The lowest BCUT2D eigenvalue weighted by atomic mass is 10.2. The van der Waals surface area contributed by atoms with Gasteiger partial charge in [-0.05, 0) is 18.2 Å². The van der Waals surface area contributed by atoms with E-state index in [1.54, 1.807) is 0 Å². The van der Waals surface area contributed by atoms with E-state index in [0.717, 1.165) is 12.1 Å². The first-order chi connectivity index (χ1) is 6.65. The first-order valence-corrected chi connectivity index (χ1v) is 3.91. The highest BCUT2D eigenvalue weighted by Crippen LogP contribution is 2.16. The van der Waals surface area contributed by atoms with Gasteiger partial charge in [0.2, 0.25) is 0 Å². The Hall–Kier alpha value is -1.84. The fraction of sp³-hybridized carbons (Fsp3) is 0.100. The third-order valence-electron chi connectivity index (χ3n) is 1.54. The third-order valence-corrected chi connectivity index (χ3v) is 1.54. The summed E-state index contributed by atoms with van der Waals surface area (Å²) in [4.78, 5) is 10.5. The molecule has 0 amide bonds. The second-order valence-electron chi connectivity index (χ2n) is 2.55. The number of hydrogen-bond donors (Lipinski definition) is 1. The monoisotopic (exact) mass is 196 g/mol. The minimum Gasteiger partial charge on any atom is -0.490 e. The second kappa shape index (κ2) is 4.41. The number of carboxylic acid groups (broad SMARTS) is 1. The van der Waals surface area contributed by atoms with Crippen LogP contribution < -0.4 is 4.74 Å². The van der Waals surface area contributed by atoms with Gasteiger partial charge in [-0.3, -0.25) is 0 Å². The molecule has 3 nitrogen and oxygen atoms in total. The maximum Gasteiger partial charge on any atom is 0.338 e. The first kappa shape index (κ1) is 10.2. The highest BCUT2D eigenvalue weighted by molar-refractivity contribution is 5.88. The van der Waals surface area contributed by atoms with Gasteiger partial charge in [-0.25, -0.2) is 9.18 Å². The molecule has 0 aliphatic rings. The molecule has 0 aromatic heterocycles. The number of rotatable bonds is 4. The topological polar surface area (TPSA) is 46.5 Å². The van der Waals surface area contributed by atoms with Crippen LogP contribution in [0.2, 0.25) is 0 Å². The van der Waals surface area contributed by atoms with Gasteiger partial charge in [0, 0.05) is 0 Å². The Morgan fingerprint density at radius 1 is 1.64 bits per heavy atom. The van der Waals surface area contributed by atoms with E-state index in [4.69, 9.17) is 9.84 Å². The van der Waals surface area contributed by atoms with Crippen molar-refractivity contribution in [1.29, 1.82) is 0 Å².